The summed E-state index contributed by atoms with van der Waals surface area (Å²) in [6.07, 6.45) is 2.56. The van der Waals surface area contributed by atoms with Gasteiger partial charge in [-0.2, -0.15) is 0 Å². The number of hydrogen-bond donors (Lipinski definition) is 0. The first-order valence-corrected chi connectivity index (χ1v) is 8.23. The van der Waals surface area contributed by atoms with Gasteiger partial charge in [-0.1, -0.05) is 60.7 Å². The van der Waals surface area contributed by atoms with Crippen LogP contribution in [0.5, 0.6) is 0 Å². The molecule has 0 N–H and O–H groups in total. The molecule has 0 amide bonds. The second-order valence-electron chi connectivity index (χ2n) is 6.51. The molecule has 1 saturated heterocycles. The van der Waals surface area contributed by atoms with Crippen LogP contribution >= 0.6 is 0 Å². The summed E-state index contributed by atoms with van der Waals surface area (Å²) in [4.78, 5) is 5.01. The summed E-state index contributed by atoms with van der Waals surface area (Å²) < 4.78 is 0. The van der Waals surface area contributed by atoms with Crippen LogP contribution in [0.4, 0.5) is 0 Å². The lowest BCUT2D eigenvalue weighted by Crippen LogP contribution is -2.37. The highest BCUT2D eigenvalue weighted by Crippen LogP contribution is 2.34. The lowest BCUT2D eigenvalue weighted by molar-refractivity contribution is 0.184. The van der Waals surface area contributed by atoms with E-state index in [0.717, 1.165) is 13.1 Å². The molecule has 2 heteroatoms. The van der Waals surface area contributed by atoms with Gasteiger partial charge in [0.25, 0.3) is 0 Å². The number of benzene rings is 2. The van der Waals surface area contributed by atoms with E-state index in [1.807, 2.05) is 0 Å². The molecule has 2 nitrogen and oxygen atoms in total. The smallest absolute Gasteiger partial charge is 0.0349 e. The van der Waals surface area contributed by atoms with Gasteiger partial charge in [0.1, 0.15) is 0 Å². The van der Waals surface area contributed by atoms with Crippen LogP contribution in [-0.2, 0) is 6.54 Å². The summed E-state index contributed by atoms with van der Waals surface area (Å²) in [7, 11) is 4.52. The number of likely N-dealkylation sites (N-methyl/N-ethyl adjacent to an activating group) is 2. The zero-order valence-electron chi connectivity index (χ0n) is 13.7. The van der Waals surface area contributed by atoms with Crippen molar-refractivity contribution in [2.24, 2.45) is 0 Å². The average Bonchev–Trinajstić information content (AvgIpc) is 2.90. The van der Waals surface area contributed by atoms with Gasteiger partial charge >= 0.3 is 0 Å². The molecule has 2 aromatic carbocycles. The summed E-state index contributed by atoms with van der Waals surface area (Å²) in [5, 5.41) is 0. The Morgan fingerprint density at radius 1 is 0.955 bits per heavy atom. The summed E-state index contributed by atoms with van der Waals surface area (Å²) in [5.41, 5.74) is 2.85. The van der Waals surface area contributed by atoms with Gasteiger partial charge in [-0.25, -0.2) is 0 Å². The molecule has 1 fully saturated rings. The van der Waals surface area contributed by atoms with Crippen LogP contribution in [0.15, 0.2) is 60.7 Å². The molecule has 1 aliphatic rings. The van der Waals surface area contributed by atoms with Crippen LogP contribution in [0.3, 0.4) is 0 Å². The van der Waals surface area contributed by atoms with E-state index in [0.29, 0.717) is 12.1 Å². The van der Waals surface area contributed by atoms with Gasteiger partial charge in [0.2, 0.25) is 0 Å². The number of rotatable bonds is 5. The number of hydrogen-bond acceptors (Lipinski definition) is 2. The molecule has 2 aromatic rings. The van der Waals surface area contributed by atoms with E-state index in [9.17, 15) is 0 Å². The Morgan fingerprint density at radius 2 is 1.59 bits per heavy atom. The Morgan fingerprint density at radius 3 is 2.27 bits per heavy atom. The Bertz CT molecular complexity index is 567. The van der Waals surface area contributed by atoms with Gasteiger partial charge < -0.3 is 4.90 Å². The highest BCUT2D eigenvalue weighted by atomic mass is 15.2. The molecule has 1 aliphatic heterocycles. The third kappa shape index (κ3) is 3.57. The van der Waals surface area contributed by atoms with Gasteiger partial charge in [0.15, 0.2) is 0 Å². The summed E-state index contributed by atoms with van der Waals surface area (Å²) in [5.74, 6) is 0. The second-order valence-corrected chi connectivity index (χ2v) is 6.51. The Kier molecular flexibility index (Phi) is 4.91. The normalized spacial score (nSPS) is 22.3. The van der Waals surface area contributed by atoms with Crippen molar-refractivity contribution in [1.82, 2.24) is 9.80 Å². The maximum Gasteiger partial charge on any atom is 0.0349 e. The highest BCUT2D eigenvalue weighted by molar-refractivity contribution is 5.20. The van der Waals surface area contributed by atoms with Crippen molar-refractivity contribution >= 4 is 0 Å². The molecule has 0 spiro atoms. The molecule has 0 aliphatic carbocycles. The van der Waals surface area contributed by atoms with Crippen LogP contribution in [0.2, 0.25) is 0 Å². The first-order valence-electron chi connectivity index (χ1n) is 8.23. The molecule has 116 valence electrons. The minimum atomic E-state index is 0.580. The molecule has 3 rings (SSSR count). The molecule has 0 radical (unpaired) electrons. The minimum absolute atomic E-state index is 0.580. The quantitative estimate of drug-likeness (QED) is 0.824. The minimum Gasteiger partial charge on any atom is -0.301 e. The topological polar surface area (TPSA) is 6.48 Å². The third-order valence-electron chi connectivity index (χ3n) is 4.84. The Labute approximate surface area is 134 Å². The van der Waals surface area contributed by atoms with Gasteiger partial charge in [0.05, 0.1) is 0 Å². The number of nitrogens with zero attached hydrogens (tertiary/aromatic N) is 2. The molecule has 0 unspecified atom stereocenters. The van der Waals surface area contributed by atoms with Gasteiger partial charge in [-0.15, -0.1) is 0 Å². The lowest BCUT2D eigenvalue weighted by Gasteiger charge is -2.29. The van der Waals surface area contributed by atoms with Crippen molar-refractivity contribution in [3.63, 3.8) is 0 Å². The Hall–Kier alpha value is -1.64. The van der Waals surface area contributed by atoms with E-state index in [1.165, 1.54) is 24.0 Å². The summed E-state index contributed by atoms with van der Waals surface area (Å²) in [6, 6.07) is 22.9. The van der Waals surface area contributed by atoms with Crippen molar-refractivity contribution in [2.75, 3.05) is 20.6 Å². The molecule has 0 aromatic heterocycles. The number of likely N-dealkylation sites (tertiary alicyclic amines) is 1. The zero-order chi connectivity index (χ0) is 15.4. The van der Waals surface area contributed by atoms with Crippen molar-refractivity contribution in [3.05, 3.63) is 71.8 Å². The first-order chi connectivity index (χ1) is 10.7. The molecule has 1 heterocycles. The van der Waals surface area contributed by atoms with Gasteiger partial charge in [-0.3, -0.25) is 4.90 Å². The first kappa shape index (κ1) is 15.3. The third-order valence-corrected chi connectivity index (χ3v) is 4.84. The largest absolute Gasteiger partial charge is 0.301 e. The van der Waals surface area contributed by atoms with E-state index in [-0.39, 0.29) is 0 Å². The van der Waals surface area contributed by atoms with E-state index in [2.05, 4.69) is 84.6 Å². The van der Waals surface area contributed by atoms with Crippen LogP contribution in [0, 0.1) is 0 Å². The molecular formula is C20H26N2. The van der Waals surface area contributed by atoms with Crippen molar-refractivity contribution < 1.29 is 0 Å². The fourth-order valence-electron chi connectivity index (χ4n) is 3.63. The lowest BCUT2D eigenvalue weighted by atomic mass is 10.1. The SMILES string of the molecule is CN(Cc1ccccc1)C[C@@H]1CC[C@H](c2ccccc2)N1C. The van der Waals surface area contributed by atoms with E-state index < -0.39 is 0 Å². The zero-order valence-corrected chi connectivity index (χ0v) is 13.7. The summed E-state index contributed by atoms with van der Waals surface area (Å²) >= 11 is 0. The highest BCUT2D eigenvalue weighted by Gasteiger charge is 2.31. The van der Waals surface area contributed by atoms with Crippen molar-refractivity contribution in [2.45, 2.75) is 31.5 Å². The van der Waals surface area contributed by atoms with Gasteiger partial charge in [-0.05, 0) is 38.1 Å². The maximum atomic E-state index is 2.57. The molecule has 22 heavy (non-hydrogen) atoms. The molecule has 0 bridgehead atoms. The fraction of sp³-hybridized carbons (Fsp3) is 0.400. The van der Waals surface area contributed by atoms with Crippen LogP contribution in [0.25, 0.3) is 0 Å². The van der Waals surface area contributed by atoms with Crippen LogP contribution < -0.4 is 0 Å². The fourth-order valence-corrected chi connectivity index (χ4v) is 3.63. The molecular weight excluding hydrogens is 268 g/mol. The van der Waals surface area contributed by atoms with Crippen molar-refractivity contribution in [1.29, 1.82) is 0 Å². The van der Waals surface area contributed by atoms with Crippen LogP contribution in [-0.4, -0.2) is 36.5 Å². The Balaban J connectivity index is 1.57. The van der Waals surface area contributed by atoms with Gasteiger partial charge in [0, 0.05) is 25.2 Å². The standard InChI is InChI=1S/C20H26N2/c1-21(15-17-9-5-3-6-10-17)16-19-13-14-20(22(19)2)18-11-7-4-8-12-18/h3-12,19-20H,13-16H2,1-2H3/t19-,20+/m0/s1. The average molecular weight is 294 g/mol. The van der Waals surface area contributed by atoms with E-state index in [4.69, 9.17) is 0 Å². The second kappa shape index (κ2) is 7.08. The van der Waals surface area contributed by atoms with E-state index in [1.54, 1.807) is 0 Å². The molecule has 2 atom stereocenters. The monoisotopic (exact) mass is 294 g/mol. The van der Waals surface area contributed by atoms with E-state index >= 15 is 0 Å². The summed E-state index contributed by atoms with van der Waals surface area (Å²) in [6.45, 7) is 2.16. The van der Waals surface area contributed by atoms with Crippen LogP contribution in [0.1, 0.15) is 30.0 Å². The predicted molar refractivity (Wildman–Crippen MR) is 92.7 cm³/mol. The molecule has 0 saturated carbocycles. The predicted octanol–water partition coefficient (Wildman–Crippen LogP) is 3.95. The maximum absolute atomic E-state index is 2.57. The van der Waals surface area contributed by atoms with Crippen molar-refractivity contribution in [3.8, 4) is 0 Å².